The molecule has 3 aromatic rings. The number of aromatic nitrogens is 1. The Morgan fingerprint density at radius 1 is 1.04 bits per heavy atom. The van der Waals surface area contributed by atoms with Gasteiger partial charge in [0.15, 0.2) is 0 Å². The van der Waals surface area contributed by atoms with E-state index < -0.39 is 0 Å². The third kappa shape index (κ3) is 4.49. The Morgan fingerprint density at radius 2 is 1.82 bits per heavy atom. The van der Waals surface area contributed by atoms with E-state index in [1.165, 1.54) is 29.7 Å². The van der Waals surface area contributed by atoms with Gasteiger partial charge in [0.25, 0.3) is 5.69 Å². The van der Waals surface area contributed by atoms with Crippen molar-refractivity contribution in [3.05, 3.63) is 99.4 Å². The van der Waals surface area contributed by atoms with Crippen LogP contribution in [0.25, 0.3) is 0 Å². The summed E-state index contributed by atoms with van der Waals surface area (Å²) in [5.41, 5.74) is 5.16. The number of benzene rings is 2. The van der Waals surface area contributed by atoms with Crippen molar-refractivity contribution in [3.8, 4) is 0 Å². The highest BCUT2D eigenvalue weighted by Gasteiger charge is 2.29. The van der Waals surface area contributed by atoms with Crippen molar-refractivity contribution in [1.29, 1.82) is 0 Å². The normalized spacial score (nSPS) is 13.8. The molecule has 1 fully saturated rings. The van der Waals surface area contributed by atoms with Crippen LogP contribution in [0.15, 0.2) is 66.9 Å². The predicted octanol–water partition coefficient (Wildman–Crippen LogP) is 4.92. The molecule has 1 aliphatic carbocycles. The van der Waals surface area contributed by atoms with E-state index >= 15 is 0 Å². The highest BCUT2D eigenvalue weighted by molar-refractivity contribution is 5.33. The zero-order chi connectivity index (χ0) is 19.5. The fourth-order valence-electron chi connectivity index (χ4n) is 3.67. The first-order valence-electron chi connectivity index (χ1n) is 9.75. The average molecular weight is 375 g/mol. The molecule has 2 aromatic carbocycles. The van der Waals surface area contributed by atoms with Crippen molar-refractivity contribution in [1.82, 2.24) is 9.47 Å². The molecule has 0 bridgehead atoms. The van der Waals surface area contributed by atoms with E-state index in [0.717, 1.165) is 25.2 Å². The SMILES string of the molecule is Cc1cccc(Cn2cccc2CN(Cc2ccc([N+](=O)[O-])cc2)C2CC2)c1. The third-order valence-corrected chi connectivity index (χ3v) is 5.32. The Kier molecular flexibility index (Phi) is 5.26. The van der Waals surface area contributed by atoms with Crippen LogP contribution in [0.4, 0.5) is 5.69 Å². The maximum Gasteiger partial charge on any atom is 0.269 e. The van der Waals surface area contributed by atoms with Gasteiger partial charge in [0.05, 0.1) is 4.92 Å². The average Bonchev–Trinajstić information content (AvgIpc) is 3.44. The van der Waals surface area contributed by atoms with E-state index in [1.54, 1.807) is 12.1 Å². The van der Waals surface area contributed by atoms with Crippen molar-refractivity contribution in [2.75, 3.05) is 0 Å². The molecule has 0 atom stereocenters. The van der Waals surface area contributed by atoms with Gasteiger partial charge in [-0.25, -0.2) is 0 Å². The molecule has 0 spiro atoms. The number of hydrogen-bond acceptors (Lipinski definition) is 3. The Bertz CT molecular complexity index is 958. The molecular weight excluding hydrogens is 350 g/mol. The highest BCUT2D eigenvalue weighted by Crippen LogP contribution is 2.30. The summed E-state index contributed by atoms with van der Waals surface area (Å²) in [6.45, 7) is 4.71. The molecule has 4 rings (SSSR count). The minimum Gasteiger partial charge on any atom is -0.346 e. The van der Waals surface area contributed by atoms with Crippen LogP contribution >= 0.6 is 0 Å². The summed E-state index contributed by atoms with van der Waals surface area (Å²) < 4.78 is 2.32. The molecule has 1 aliphatic rings. The Balaban J connectivity index is 1.47. The number of non-ortho nitro benzene ring substituents is 1. The zero-order valence-electron chi connectivity index (χ0n) is 16.1. The molecule has 5 nitrogen and oxygen atoms in total. The number of nitrogens with zero attached hydrogens (tertiary/aromatic N) is 3. The van der Waals surface area contributed by atoms with Crippen LogP contribution in [0, 0.1) is 17.0 Å². The predicted molar refractivity (Wildman–Crippen MR) is 110 cm³/mol. The Labute approximate surface area is 165 Å². The van der Waals surface area contributed by atoms with Gasteiger partial charge in [0.1, 0.15) is 0 Å². The monoisotopic (exact) mass is 375 g/mol. The number of nitro benzene ring substituents is 1. The van der Waals surface area contributed by atoms with Crippen LogP contribution in [-0.4, -0.2) is 20.4 Å². The summed E-state index contributed by atoms with van der Waals surface area (Å²) >= 11 is 0. The molecule has 144 valence electrons. The molecule has 1 heterocycles. The second-order valence-electron chi connectivity index (χ2n) is 7.68. The smallest absolute Gasteiger partial charge is 0.269 e. The summed E-state index contributed by atoms with van der Waals surface area (Å²) in [5.74, 6) is 0. The van der Waals surface area contributed by atoms with Crippen molar-refractivity contribution in [3.63, 3.8) is 0 Å². The van der Waals surface area contributed by atoms with Gasteiger partial charge in [-0.15, -0.1) is 0 Å². The third-order valence-electron chi connectivity index (χ3n) is 5.32. The van der Waals surface area contributed by atoms with Crippen LogP contribution in [0.3, 0.4) is 0 Å². The zero-order valence-corrected chi connectivity index (χ0v) is 16.1. The maximum atomic E-state index is 10.9. The van der Waals surface area contributed by atoms with E-state index in [2.05, 4.69) is 59.0 Å². The van der Waals surface area contributed by atoms with Gasteiger partial charge in [-0.3, -0.25) is 15.0 Å². The van der Waals surface area contributed by atoms with E-state index in [0.29, 0.717) is 6.04 Å². The summed E-state index contributed by atoms with van der Waals surface area (Å²) in [7, 11) is 0. The van der Waals surface area contributed by atoms with Crippen LogP contribution in [0.2, 0.25) is 0 Å². The molecule has 1 saturated carbocycles. The van der Waals surface area contributed by atoms with Crippen LogP contribution < -0.4 is 0 Å². The Hall–Kier alpha value is -2.92. The number of aryl methyl sites for hydroxylation is 1. The topological polar surface area (TPSA) is 51.3 Å². The van der Waals surface area contributed by atoms with E-state index in [1.807, 2.05) is 12.1 Å². The number of nitro groups is 1. The first-order chi connectivity index (χ1) is 13.6. The largest absolute Gasteiger partial charge is 0.346 e. The summed E-state index contributed by atoms with van der Waals surface area (Å²) in [5, 5.41) is 10.9. The lowest BCUT2D eigenvalue weighted by Crippen LogP contribution is -2.26. The fourth-order valence-corrected chi connectivity index (χ4v) is 3.67. The molecule has 0 unspecified atom stereocenters. The molecule has 28 heavy (non-hydrogen) atoms. The summed E-state index contributed by atoms with van der Waals surface area (Å²) in [6.07, 6.45) is 4.60. The minimum atomic E-state index is -0.347. The van der Waals surface area contributed by atoms with Gasteiger partial charge in [-0.2, -0.15) is 0 Å². The summed E-state index contributed by atoms with van der Waals surface area (Å²) in [6, 6.07) is 20.5. The molecule has 0 aliphatic heterocycles. The van der Waals surface area contributed by atoms with Gasteiger partial charge in [0, 0.05) is 49.7 Å². The molecule has 1 aromatic heterocycles. The van der Waals surface area contributed by atoms with E-state index in [9.17, 15) is 10.1 Å². The molecule has 0 saturated heterocycles. The molecule has 5 heteroatoms. The quantitative estimate of drug-likeness (QED) is 0.415. The van der Waals surface area contributed by atoms with Crippen molar-refractivity contribution < 1.29 is 4.92 Å². The van der Waals surface area contributed by atoms with Crippen molar-refractivity contribution in [2.45, 2.75) is 45.4 Å². The minimum absolute atomic E-state index is 0.147. The molecule has 0 radical (unpaired) electrons. The lowest BCUT2D eigenvalue weighted by Gasteiger charge is -2.23. The van der Waals surface area contributed by atoms with E-state index in [-0.39, 0.29) is 10.6 Å². The second-order valence-corrected chi connectivity index (χ2v) is 7.68. The standard InChI is InChI=1S/C23H25N3O2/c1-18-4-2-5-20(14-18)16-24-13-3-6-23(24)17-25(21-11-12-21)15-19-7-9-22(10-8-19)26(27)28/h2-10,13-14,21H,11-12,15-17H2,1H3. The lowest BCUT2D eigenvalue weighted by atomic mass is 10.1. The molecule has 0 N–H and O–H groups in total. The van der Waals surface area contributed by atoms with Gasteiger partial charge >= 0.3 is 0 Å². The van der Waals surface area contributed by atoms with E-state index in [4.69, 9.17) is 0 Å². The van der Waals surface area contributed by atoms with Gasteiger partial charge in [0.2, 0.25) is 0 Å². The molecular formula is C23H25N3O2. The first-order valence-corrected chi connectivity index (χ1v) is 9.75. The van der Waals surface area contributed by atoms with Crippen molar-refractivity contribution >= 4 is 5.69 Å². The van der Waals surface area contributed by atoms with Gasteiger partial charge in [-0.05, 0) is 43.0 Å². The number of rotatable bonds is 8. The van der Waals surface area contributed by atoms with Crippen molar-refractivity contribution in [2.24, 2.45) is 0 Å². The van der Waals surface area contributed by atoms with Crippen LogP contribution in [-0.2, 0) is 19.6 Å². The fraction of sp³-hybridized carbons (Fsp3) is 0.304. The molecule has 0 amide bonds. The highest BCUT2D eigenvalue weighted by atomic mass is 16.6. The first kappa shape index (κ1) is 18.4. The lowest BCUT2D eigenvalue weighted by molar-refractivity contribution is -0.384. The Morgan fingerprint density at radius 3 is 2.50 bits per heavy atom. The van der Waals surface area contributed by atoms with Crippen LogP contribution in [0.5, 0.6) is 0 Å². The summed E-state index contributed by atoms with van der Waals surface area (Å²) in [4.78, 5) is 13.0. The maximum absolute atomic E-state index is 10.9. The second kappa shape index (κ2) is 7.98. The van der Waals surface area contributed by atoms with Crippen LogP contribution in [0.1, 0.15) is 35.2 Å². The number of hydrogen-bond donors (Lipinski definition) is 0. The van der Waals surface area contributed by atoms with Gasteiger partial charge < -0.3 is 4.57 Å². The van der Waals surface area contributed by atoms with Gasteiger partial charge in [-0.1, -0.05) is 42.0 Å².